The van der Waals surface area contributed by atoms with Crippen molar-refractivity contribution in [1.29, 1.82) is 0 Å². The SMILES string of the molecule is CN(C)C(=O)N1NN=C(Cc2ccc(I)cc2)N1. The summed E-state index contributed by atoms with van der Waals surface area (Å²) in [5.74, 6) is 0.714. The number of hydrazone groups is 1. The van der Waals surface area contributed by atoms with Crippen LogP contribution in [0.5, 0.6) is 0 Å². The molecular weight excluding hydrogens is 345 g/mol. The molecule has 1 aromatic carbocycles. The highest BCUT2D eigenvalue weighted by atomic mass is 127. The molecular formula is C11H14IN5O. The van der Waals surface area contributed by atoms with Gasteiger partial charge in [0.1, 0.15) is 5.84 Å². The Kier molecular flexibility index (Phi) is 3.90. The van der Waals surface area contributed by atoms with E-state index in [1.165, 1.54) is 13.6 Å². The molecule has 0 aliphatic carbocycles. The average Bonchev–Trinajstić information content (AvgIpc) is 2.79. The van der Waals surface area contributed by atoms with Crippen molar-refractivity contribution >= 4 is 34.5 Å². The van der Waals surface area contributed by atoms with E-state index in [4.69, 9.17) is 0 Å². The number of carbonyl (C=O) groups excluding carboxylic acids is 1. The maximum atomic E-state index is 11.6. The Morgan fingerprint density at radius 3 is 2.67 bits per heavy atom. The summed E-state index contributed by atoms with van der Waals surface area (Å²) in [4.78, 5) is 13.1. The van der Waals surface area contributed by atoms with Crippen LogP contribution in [0.2, 0.25) is 0 Å². The number of nitrogens with zero attached hydrogens (tertiary/aromatic N) is 3. The molecule has 1 aliphatic heterocycles. The maximum absolute atomic E-state index is 11.6. The molecule has 0 fully saturated rings. The van der Waals surface area contributed by atoms with Crippen LogP contribution in [0.15, 0.2) is 29.4 Å². The number of hydrogen-bond donors (Lipinski definition) is 2. The van der Waals surface area contributed by atoms with Crippen LogP contribution in [-0.2, 0) is 6.42 Å². The summed E-state index contributed by atoms with van der Waals surface area (Å²) in [6.07, 6.45) is 0.654. The van der Waals surface area contributed by atoms with E-state index in [2.05, 4.69) is 38.7 Å². The van der Waals surface area contributed by atoms with Crippen molar-refractivity contribution in [2.75, 3.05) is 14.1 Å². The molecule has 0 saturated carbocycles. The fourth-order valence-electron chi connectivity index (χ4n) is 1.45. The normalized spacial score (nSPS) is 13.7. The number of amides is 2. The van der Waals surface area contributed by atoms with Gasteiger partial charge in [0, 0.05) is 24.1 Å². The minimum atomic E-state index is -0.198. The molecule has 2 N–H and O–H groups in total. The number of hydrazine groups is 2. The average molecular weight is 359 g/mol. The van der Waals surface area contributed by atoms with Crippen molar-refractivity contribution in [3.8, 4) is 0 Å². The minimum absolute atomic E-state index is 0.198. The van der Waals surface area contributed by atoms with Gasteiger partial charge in [-0.15, -0.1) is 10.2 Å². The summed E-state index contributed by atoms with van der Waals surface area (Å²) in [6.45, 7) is 0. The van der Waals surface area contributed by atoms with Crippen molar-refractivity contribution in [1.82, 2.24) is 21.0 Å². The zero-order valence-corrected chi connectivity index (χ0v) is 12.3. The third-order valence-corrected chi connectivity index (χ3v) is 3.10. The Morgan fingerprint density at radius 2 is 2.06 bits per heavy atom. The van der Waals surface area contributed by atoms with Crippen LogP contribution in [0.4, 0.5) is 4.79 Å². The fraction of sp³-hybridized carbons (Fsp3) is 0.273. The molecule has 1 heterocycles. The topological polar surface area (TPSA) is 60.0 Å². The number of carbonyl (C=O) groups is 1. The van der Waals surface area contributed by atoms with Gasteiger partial charge in [0.2, 0.25) is 0 Å². The van der Waals surface area contributed by atoms with E-state index in [9.17, 15) is 4.79 Å². The number of urea groups is 1. The predicted molar refractivity (Wildman–Crippen MR) is 77.5 cm³/mol. The van der Waals surface area contributed by atoms with Crippen LogP contribution in [0.1, 0.15) is 5.56 Å². The van der Waals surface area contributed by atoms with Gasteiger partial charge in [0.05, 0.1) is 0 Å². The van der Waals surface area contributed by atoms with Gasteiger partial charge < -0.3 is 4.90 Å². The molecule has 2 rings (SSSR count). The fourth-order valence-corrected chi connectivity index (χ4v) is 1.81. The van der Waals surface area contributed by atoms with E-state index in [1.54, 1.807) is 14.1 Å². The lowest BCUT2D eigenvalue weighted by molar-refractivity contribution is 0.140. The summed E-state index contributed by atoms with van der Waals surface area (Å²) < 4.78 is 1.19. The molecule has 2 amide bonds. The highest BCUT2D eigenvalue weighted by Crippen LogP contribution is 2.08. The first kappa shape index (κ1) is 12.9. The lowest BCUT2D eigenvalue weighted by Crippen LogP contribution is -2.50. The number of benzene rings is 1. The first-order valence-electron chi connectivity index (χ1n) is 5.41. The number of amidine groups is 1. The molecule has 18 heavy (non-hydrogen) atoms. The van der Waals surface area contributed by atoms with Crippen molar-refractivity contribution < 1.29 is 4.79 Å². The van der Waals surface area contributed by atoms with Crippen molar-refractivity contribution in [3.63, 3.8) is 0 Å². The molecule has 0 atom stereocenters. The summed E-state index contributed by atoms with van der Waals surface area (Å²) in [7, 11) is 3.37. The summed E-state index contributed by atoms with van der Waals surface area (Å²) in [6, 6.07) is 7.98. The second-order valence-electron chi connectivity index (χ2n) is 4.09. The molecule has 0 spiro atoms. The quantitative estimate of drug-likeness (QED) is 0.779. The van der Waals surface area contributed by atoms with Crippen LogP contribution >= 0.6 is 22.6 Å². The highest BCUT2D eigenvalue weighted by Gasteiger charge is 2.21. The first-order chi connectivity index (χ1) is 8.56. The van der Waals surface area contributed by atoms with Crippen LogP contribution in [0, 0.1) is 3.57 Å². The molecule has 7 heteroatoms. The largest absolute Gasteiger partial charge is 0.359 e. The van der Waals surface area contributed by atoms with Gasteiger partial charge in [-0.3, -0.25) is 5.43 Å². The number of rotatable bonds is 2. The molecule has 1 aromatic rings. The van der Waals surface area contributed by atoms with E-state index >= 15 is 0 Å². The van der Waals surface area contributed by atoms with Gasteiger partial charge in [-0.25, -0.2) is 4.79 Å². The molecule has 0 saturated heterocycles. The third kappa shape index (κ3) is 3.03. The predicted octanol–water partition coefficient (Wildman–Crippen LogP) is 1.15. The van der Waals surface area contributed by atoms with Crippen LogP contribution in [0.3, 0.4) is 0 Å². The van der Waals surface area contributed by atoms with Crippen LogP contribution < -0.4 is 11.0 Å². The second kappa shape index (κ2) is 5.42. The van der Waals surface area contributed by atoms with E-state index in [-0.39, 0.29) is 6.03 Å². The van der Waals surface area contributed by atoms with Crippen molar-refractivity contribution in [2.24, 2.45) is 5.10 Å². The number of halogens is 1. The summed E-state index contributed by atoms with van der Waals surface area (Å²) >= 11 is 2.26. The Morgan fingerprint density at radius 1 is 1.39 bits per heavy atom. The van der Waals surface area contributed by atoms with Gasteiger partial charge in [-0.2, -0.15) is 5.53 Å². The van der Waals surface area contributed by atoms with Gasteiger partial charge in [-0.05, 0) is 40.3 Å². The number of hydrogen-bond acceptors (Lipinski definition) is 4. The van der Waals surface area contributed by atoms with E-state index in [0.717, 1.165) is 5.56 Å². The standard InChI is InChI=1S/C11H14IN5O/c1-16(2)11(18)17-14-10(13-15-17)7-8-3-5-9(12)6-4-8/h3-6,15H,7H2,1-2H3,(H,13,14). The Balaban J connectivity index is 1.93. The minimum Gasteiger partial charge on any atom is -0.328 e. The van der Waals surface area contributed by atoms with Gasteiger partial charge >= 0.3 is 6.03 Å². The van der Waals surface area contributed by atoms with Gasteiger partial charge in [0.15, 0.2) is 0 Å². The van der Waals surface area contributed by atoms with Gasteiger partial charge in [0.25, 0.3) is 0 Å². The van der Waals surface area contributed by atoms with Crippen LogP contribution in [-0.4, -0.2) is 36.0 Å². The van der Waals surface area contributed by atoms with Crippen molar-refractivity contribution in [2.45, 2.75) is 6.42 Å². The Hall–Kier alpha value is -1.51. The highest BCUT2D eigenvalue weighted by molar-refractivity contribution is 14.1. The summed E-state index contributed by atoms with van der Waals surface area (Å²) in [5, 5.41) is 5.32. The molecule has 0 aromatic heterocycles. The molecule has 6 nitrogen and oxygen atoms in total. The van der Waals surface area contributed by atoms with Gasteiger partial charge in [-0.1, -0.05) is 12.1 Å². The molecule has 0 unspecified atom stereocenters. The second-order valence-corrected chi connectivity index (χ2v) is 5.33. The smallest absolute Gasteiger partial charge is 0.328 e. The zero-order valence-electron chi connectivity index (χ0n) is 10.1. The molecule has 0 radical (unpaired) electrons. The Labute approximate surface area is 119 Å². The zero-order chi connectivity index (χ0) is 13.1. The summed E-state index contributed by atoms with van der Waals surface area (Å²) in [5.41, 5.74) is 6.69. The van der Waals surface area contributed by atoms with E-state index in [1.807, 2.05) is 24.3 Å². The number of nitrogens with one attached hydrogen (secondary N) is 2. The molecule has 96 valence electrons. The lowest BCUT2D eigenvalue weighted by atomic mass is 10.1. The Bertz CT molecular complexity index is 471. The first-order valence-corrected chi connectivity index (χ1v) is 6.49. The molecule has 1 aliphatic rings. The lowest BCUT2D eigenvalue weighted by Gasteiger charge is -2.19. The van der Waals surface area contributed by atoms with Crippen LogP contribution in [0.25, 0.3) is 0 Å². The third-order valence-electron chi connectivity index (χ3n) is 2.38. The van der Waals surface area contributed by atoms with E-state index in [0.29, 0.717) is 12.3 Å². The maximum Gasteiger partial charge on any atom is 0.359 e. The van der Waals surface area contributed by atoms with Crippen molar-refractivity contribution in [3.05, 3.63) is 33.4 Å². The monoisotopic (exact) mass is 359 g/mol. The van der Waals surface area contributed by atoms with E-state index < -0.39 is 0 Å². The molecule has 0 bridgehead atoms.